The van der Waals surface area contributed by atoms with E-state index in [0.717, 1.165) is 29.5 Å². The topological polar surface area (TPSA) is 88.1 Å². The van der Waals surface area contributed by atoms with Gasteiger partial charge in [-0.1, -0.05) is 0 Å². The van der Waals surface area contributed by atoms with Crippen LogP contribution in [0.3, 0.4) is 0 Å². The van der Waals surface area contributed by atoms with Gasteiger partial charge in [0.2, 0.25) is 0 Å². The number of halogens is 6. The Labute approximate surface area is 224 Å². The molecule has 0 heterocycles. The van der Waals surface area contributed by atoms with Gasteiger partial charge in [-0.2, -0.15) is 0 Å². The highest BCUT2D eigenvalue weighted by Gasteiger charge is 2.37. The standard InChI is InChI=1S/C25H26F6N2O5S/c1-4-33(22(36)32-16-6-9-18(10-7-16)37-24(26,27)28)17-8-5-14-13-20(39-23(2,3)21(34)35)19(12-15(14)11-17)38-25(29,30)31/h6-7,9-10,12-13,17H,4-5,8,11H2,1-3H3,(H,32,36)(H,34,35). The molecule has 0 saturated heterocycles. The van der Waals surface area contributed by atoms with Crippen LogP contribution in [-0.2, 0) is 17.6 Å². The second-order valence-corrected chi connectivity index (χ2v) is 10.9. The summed E-state index contributed by atoms with van der Waals surface area (Å²) >= 11 is 0.745. The van der Waals surface area contributed by atoms with Crippen molar-refractivity contribution < 1.29 is 50.5 Å². The molecule has 3 rings (SSSR count). The number of carboxylic acid groups (broad SMARTS) is 1. The second kappa shape index (κ2) is 11.4. The number of benzene rings is 2. The van der Waals surface area contributed by atoms with E-state index in [1.165, 1.54) is 43.0 Å². The number of fused-ring (bicyclic) bond motifs is 1. The fraction of sp³-hybridized carbons (Fsp3) is 0.440. The number of urea groups is 1. The fourth-order valence-corrected chi connectivity index (χ4v) is 5.16. The summed E-state index contributed by atoms with van der Waals surface area (Å²) in [5, 5.41) is 12.0. The lowest BCUT2D eigenvalue weighted by Gasteiger charge is -2.35. The number of hydrogen-bond acceptors (Lipinski definition) is 5. The number of carbonyl (C=O) groups excluding carboxylic acids is 1. The van der Waals surface area contributed by atoms with E-state index in [1.807, 2.05) is 0 Å². The first kappa shape index (κ1) is 30.3. The maximum Gasteiger partial charge on any atom is 0.573 e. The Balaban J connectivity index is 1.79. The van der Waals surface area contributed by atoms with Gasteiger partial charge in [0.15, 0.2) is 0 Å². The number of aryl methyl sites for hydroxylation is 1. The second-order valence-electron chi connectivity index (χ2n) is 9.22. The zero-order chi connectivity index (χ0) is 29.2. The molecule has 214 valence electrons. The summed E-state index contributed by atoms with van der Waals surface area (Å²) in [4.78, 5) is 26.0. The average molecular weight is 581 g/mol. The number of thioether (sulfide) groups is 1. The Kier molecular flexibility index (Phi) is 8.88. The average Bonchev–Trinajstić information content (AvgIpc) is 2.79. The highest BCUT2D eigenvalue weighted by molar-refractivity contribution is 8.01. The smallest absolute Gasteiger partial charge is 0.480 e. The SMILES string of the molecule is CCN(C(=O)Nc1ccc(OC(F)(F)F)cc1)C1CCc2cc(SC(C)(C)C(=O)O)c(OC(F)(F)F)cc2C1. The molecule has 0 radical (unpaired) electrons. The third-order valence-corrected chi connectivity index (χ3v) is 7.18. The molecule has 1 atom stereocenters. The van der Waals surface area contributed by atoms with Crippen molar-refractivity contribution >= 4 is 29.4 Å². The van der Waals surface area contributed by atoms with Gasteiger partial charge in [0, 0.05) is 18.3 Å². The van der Waals surface area contributed by atoms with Crippen molar-refractivity contribution in [3.8, 4) is 11.5 Å². The summed E-state index contributed by atoms with van der Waals surface area (Å²) in [6.07, 6.45) is -8.73. The minimum Gasteiger partial charge on any atom is -0.480 e. The molecule has 2 aromatic carbocycles. The molecule has 0 bridgehead atoms. The molecule has 0 fully saturated rings. The fourth-order valence-electron chi connectivity index (χ4n) is 4.12. The molecule has 1 aliphatic carbocycles. The number of aliphatic carboxylic acids is 1. The molecule has 0 aromatic heterocycles. The molecular weight excluding hydrogens is 554 g/mol. The maximum absolute atomic E-state index is 13.2. The van der Waals surface area contributed by atoms with Crippen molar-refractivity contribution in [2.45, 2.75) is 68.4 Å². The van der Waals surface area contributed by atoms with E-state index in [1.54, 1.807) is 6.92 Å². The van der Waals surface area contributed by atoms with E-state index >= 15 is 0 Å². The molecule has 2 amide bonds. The maximum atomic E-state index is 13.2. The summed E-state index contributed by atoms with van der Waals surface area (Å²) in [6.45, 7) is 4.73. The van der Waals surface area contributed by atoms with Gasteiger partial charge in [0.1, 0.15) is 16.2 Å². The lowest BCUT2D eigenvalue weighted by atomic mass is 9.87. The Hall–Kier alpha value is -3.29. The van der Waals surface area contributed by atoms with E-state index in [2.05, 4.69) is 14.8 Å². The van der Waals surface area contributed by atoms with Crippen LogP contribution in [0.4, 0.5) is 36.8 Å². The van der Waals surface area contributed by atoms with E-state index in [0.29, 0.717) is 18.4 Å². The molecule has 1 aliphatic rings. The number of likely N-dealkylation sites (N-methyl/N-ethyl adjacent to an activating group) is 1. The summed E-state index contributed by atoms with van der Waals surface area (Å²) in [7, 11) is 0. The molecule has 0 aliphatic heterocycles. The Morgan fingerprint density at radius 2 is 1.64 bits per heavy atom. The van der Waals surface area contributed by atoms with Gasteiger partial charge in [0.25, 0.3) is 0 Å². The van der Waals surface area contributed by atoms with Gasteiger partial charge in [-0.15, -0.1) is 38.1 Å². The zero-order valence-electron chi connectivity index (χ0n) is 21.1. The van der Waals surface area contributed by atoms with Crippen molar-refractivity contribution in [1.82, 2.24) is 4.90 Å². The van der Waals surface area contributed by atoms with Gasteiger partial charge in [0.05, 0.1) is 4.90 Å². The number of anilines is 1. The molecule has 39 heavy (non-hydrogen) atoms. The Bertz CT molecular complexity index is 1200. The van der Waals surface area contributed by atoms with Crippen LogP contribution in [0.15, 0.2) is 41.3 Å². The van der Waals surface area contributed by atoms with Crippen molar-refractivity contribution in [3.05, 3.63) is 47.5 Å². The van der Waals surface area contributed by atoms with Crippen molar-refractivity contribution in [1.29, 1.82) is 0 Å². The first-order valence-corrected chi connectivity index (χ1v) is 12.6. The van der Waals surface area contributed by atoms with Crippen molar-refractivity contribution in [2.24, 2.45) is 0 Å². The van der Waals surface area contributed by atoms with Gasteiger partial charge in [-0.05, 0) is 87.6 Å². The first-order valence-electron chi connectivity index (χ1n) is 11.7. The van der Waals surface area contributed by atoms with Crippen LogP contribution >= 0.6 is 11.8 Å². The number of hydrogen-bond donors (Lipinski definition) is 2. The molecule has 14 heteroatoms. The highest BCUT2D eigenvalue weighted by atomic mass is 32.2. The summed E-state index contributed by atoms with van der Waals surface area (Å²) < 4.78 is 83.2. The van der Waals surface area contributed by atoms with Crippen molar-refractivity contribution in [2.75, 3.05) is 11.9 Å². The first-order chi connectivity index (χ1) is 18.0. The third kappa shape index (κ3) is 8.35. The van der Waals surface area contributed by atoms with Crippen LogP contribution in [0.5, 0.6) is 11.5 Å². The van der Waals surface area contributed by atoms with E-state index in [9.17, 15) is 41.0 Å². The van der Waals surface area contributed by atoms with Crippen LogP contribution in [0.1, 0.15) is 38.3 Å². The number of nitrogens with one attached hydrogen (secondary N) is 1. The number of amides is 2. The largest absolute Gasteiger partial charge is 0.573 e. The lowest BCUT2D eigenvalue weighted by molar-refractivity contribution is -0.276. The van der Waals surface area contributed by atoms with Gasteiger partial charge in [-0.3, -0.25) is 4.79 Å². The zero-order valence-corrected chi connectivity index (χ0v) is 21.9. The summed E-state index contributed by atoms with van der Waals surface area (Å²) in [5.41, 5.74) is 1.48. The van der Waals surface area contributed by atoms with E-state index in [-0.39, 0.29) is 29.6 Å². The molecule has 2 N–H and O–H groups in total. The van der Waals surface area contributed by atoms with Crippen LogP contribution in [0.25, 0.3) is 0 Å². The van der Waals surface area contributed by atoms with Crippen LogP contribution in [0.2, 0.25) is 0 Å². The molecule has 0 spiro atoms. The monoisotopic (exact) mass is 580 g/mol. The Morgan fingerprint density at radius 1 is 1.03 bits per heavy atom. The molecular formula is C25H26F6N2O5S. The van der Waals surface area contributed by atoms with Crippen LogP contribution < -0.4 is 14.8 Å². The number of carboxylic acids is 1. The summed E-state index contributed by atoms with van der Waals surface area (Å²) in [5.74, 6) is -2.16. The number of rotatable bonds is 8. The quantitative estimate of drug-likeness (QED) is 0.262. The number of alkyl halides is 6. The minimum absolute atomic E-state index is 0.0416. The molecule has 1 unspecified atom stereocenters. The predicted octanol–water partition coefficient (Wildman–Crippen LogP) is 6.85. The minimum atomic E-state index is -5.00. The van der Waals surface area contributed by atoms with Gasteiger partial charge in [-0.25, -0.2) is 4.79 Å². The number of ether oxygens (including phenoxy) is 2. The van der Waals surface area contributed by atoms with Crippen molar-refractivity contribution in [3.63, 3.8) is 0 Å². The summed E-state index contributed by atoms with van der Waals surface area (Å²) in [6, 6.07) is 6.44. The Morgan fingerprint density at radius 3 is 2.18 bits per heavy atom. The van der Waals surface area contributed by atoms with Gasteiger partial charge < -0.3 is 24.8 Å². The lowest BCUT2D eigenvalue weighted by Crippen LogP contribution is -2.45. The molecule has 2 aromatic rings. The number of nitrogens with zero attached hydrogens (tertiary/aromatic N) is 1. The molecule has 0 saturated carbocycles. The van der Waals surface area contributed by atoms with E-state index in [4.69, 9.17) is 0 Å². The predicted molar refractivity (Wildman–Crippen MR) is 131 cm³/mol. The number of carbonyl (C=O) groups is 2. The van der Waals surface area contributed by atoms with Crippen LogP contribution in [-0.4, -0.2) is 52.1 Å². The highest BCUT2D eigenvalue weighted by Crippen LogP contribution is 2.43. The third-order valence-electron chi connectivity index (χ3n) is 5.96. The van der Waals surface area contributed by atoms with Crippen LogP contribution in [0, 0.1) is 0 Å². The molecule has 7 nitrogen and oxygen atoms in total. The van der Waals surface area contributed by atoms with E-state index < -0.39 is 41.0 Å². The van der Waals surface area contributed by atoms with Gasteiger partial charge >= 0.3 is 24.7 Å². The normalized spacial score (nSPS) is 15.8.